The van der Waals surface area contributed by atoms with Gasteiger partial charge in [0.05, 0.1) is 5.33 Å². The summed E-state index contributed by atoms with van der Waals surface area (Å²) in [7, 11) is 1.84. The Labute approximate surface area is 106 Å². The SMILES string of the molecule is Cn1c(CBr)nnc1Cc1ccc(F)c(F)c1. The molecule has 0 spiro atoms. The summed E-state index contributed by atoms with van der Waals surface area (Å²) in [6.07, 6.45) is 0.424. The lowest BCUT2D eigenvalue weighted by atomic mass is 10.1. The molecule has 0 aliphatic carbocycles. The molecule has 1 aromatic carbocycles. The minimum Gasteiger partial charge on any atom is -0.317 e. The Morgan fingerprint density at radius 3 is 2.47 bits per heavy atom. The maximum absolute atomic E-state index is 13.0. The van der Waals surface area contributed by atoms with Gasteiger partial charge in [0.25, 0.3) is 0 Å². The molecule has 0 aliphatic rings. The van der Waals surface area contributed by atoms with Crippen molar-refractivity contribution in [3.05, 3.63) is 47.0 Å². The highest BCUT2D eigenvalue weighted by molar-refractivity contribution is 9.08. The monoisotopic (exact) mass is 301 g/mol. The Kier molecular flexibility index (Phi) is 3.51. The highest BCUT2D eigenvalue weighted by Crippen LogP contribution is 2.13. The third kappa shape index (κ3) is 2.52. The van der Waals surface area contributed by atoms with Crippen molar-refractivity contribution < 1.29 is 8.78 Å². The molecule has 3 nitrogen and oxygen atoms in total. The highest BCUT2D eigenvalue weighted by Gasteiger charge is 2.09. The van der Waals surface area contributed by atoms with Crippen molar-refractivity contribution in [2.45, 2.75) is 11.8 Å². The quantitative estimate of drug-likeness (QED) is 0.816. The van der Waals surface area contributed by atoms with Gasteiger partial charge in [0.1, 0.15) is 11.6 Å². The average molecular weight is 302 g/mol. The molecule has 0 radical (unpaired) electrons. The molecular formula is C11H10BrF2N3. The van der Waals surface area contributed by atoms with Gasteiger partial charge in [0, 0.05) is 13.5 Å². The molecule has 0 fully saturated rings. The van der Waals surface area contributed by atoms with Gasteiger partial charge in [0.2, 0.25) is 0 Å². The predicted molar refractivity (Wildman–Crippen MR) is 62.8 cm³/mol. The van der Waals surface area contributed by atoms with Crippen LogP contribution in [-0.2, 0) is 18.8 Å². The van der Waals surface area contributed by atoms with Crippen molar-refractivity contribution in [3.8, 4) is 0 Å². The highest BCUT2D eigenvalue weighted by atomic mass is 79.9. The van der Waals surface area contributed by atoms with E-state index in [0.29, 0.717) is 23.1 Å². The molecule has 0 saturated carbocycles. The van der Waals surface area contributed by atoms with Gasteiger partial charge in [-0.15, -0.1) is 10.2 Å². The summed E-state index contributed by atoms with van der Waals surface area (Å²) in [6.45, 7) is 0. The van der Waals surface area contributed by atoms with Crippen molar-refractivity contribution in [1.82, 2.24) is 14.8 Å². The fourth-order valence-corrected chi connectivity index (χ4v) is 1.99. The first-order valence-electron chi connectivity index (χ1n) is 4.99. The molecule has 2 rings (SSSR count). The summed E-state index contributed by atoms with van der Waals surface area (Å²) in [5.41, 5.74) is 0.667. The van der Waals surface area contributed by atoms with Crippen LogP contribution >= 0.6 is 15.9 Å². The minimum atomic E-state index is -0.842. The summed E-state index contributed by atoms with van der Waals surface area (Å²) in [5, 5.41) is 8.57. The number of rotatable bonds is 3. The molecule has 2 aromatic rings. The smallest absolute Gasteiger partial charge is 0.159 e. The zero-order valence-corrected chi connectivity index (χ0v) is 10.7. The number of aromatic nitrogens is 3. The van der Waals surface area contributed by atoms with Crippen molar-refractivity contribution in [1.29, 1.82) is 0 Å². The summed E-state index contributed by atoms with van der Waals surface area (Å²) >= 11 is 3.30. The first kappa shape index (κ1) is 12.2. The molecule has 0 atom stereocenters. The second kappa shape index (κ2) is 4.91. The van der Waals surface area contributed by atoms with Gasteiger partial charge >= 0.3 is 0 Å². The predicted octanol–water partition coefficient (Wildman–Crippen LogP) is 2.58. The van der Waals surface area contributed by atoms with E-state index >= 15 is 0 Å². The van der Waals surface area contributed by atoms with Gasteiger partial charge in [0.15, 0.2) is 11.6 Å². The molecule has 0 N–H and O–H groups in total. The van der Waals surface area contributed by atoms with Crippen molar-refractivity contribution in [3.63, 3.8) is 0 Å². The second-order valence-electron chi connectivity index (χ2n) is 3.65. The molecule has 1 aromatic heterocycles. The van der Waals surface area contributed by atoms with Gasteiger partial charge in [-0.1, -0.05) is 22.0 Å². The molecular weight excluding hydrogens is 292 g/mol. The molecule has 17 heavy (non-hydrogen) atoms. The van der Waals surface area contributed by atoms with Crippen LogP contribution in [0.15, 0.2) is 18.2 Å². The van der Waals surface area contributed by atoms with E-state index in [1.165, 1.54) is 6.07 Å². The summed E-state index contributed by atoms with van der Waals surface area (Å²) in [4.78, 5) is 0. The molecule has 0 bridgehead atoms. The molecule has 0 saturated heterocycles. The zero-order chi connectivity index (χ0) is 12.4. The van der Waals surface area contributed by atoms with Crippen LogP contribution in [0.2, 0.25) is 0 Å². The molecule has 6 heteroatoms. The van der Waals surface area contributed by atoms with E-state index in [9.17, 15) is 8.78 Å². The molecule has 1 heterocycles. The molecule has 0 aliphatic heterocycles. The third-order valence-corrected chi connectivity index (χ3v) is 3.02. The van der Waals surface area contributed by atoms with E-state index in [2.05, 4.69) is 26.1 Å². The van der Waals surface area contributed by atoms with E-state index in [-0.39, 0.29) is 0 Å². The van der Waals surface area contributed by atoms with Gasteiger partial charge in [-0.2, -0.15) is 0 Å². The number of nitrogens with zero attached hydrogens (tertiary/aromatic N) is 3. The number of alkyl halides is 1. The first-order chi connectivity index (χ1) is 8.11. The average Bonchev–Trinajstić information content (AvgIpc) is 2.65. The number of hydrogen-bond acceptors (Lipinski definition) is 2. The summed E-state index contributed by atoms with van der Waals surface area (Å²) in [5.74, 6) is -0.175. The topological polar surface area (TPSA) is 30.7 Å². The minimum absolute atomic E-state index is 0.424. The van der Waals surface area contributed by atoms with Crippen LogP contribution in [-0.4, -0.2) is 14.8 Å². The van der Waals surface area contributed by atoms with E-state index < -0.39 is 11.6 Å². The van der Waals surface area contributed by atoms with Gasteiger partial charge in [-0.05, 0) is 17.7 Å². The summed E-state index contributed by atoms with van der Waals surface area (Å²) in [6, 6.07) is 3.84. The number of hydrogen-bond donors (Lipinski definition) is 0. The van der Waals surface area contributed by atoms with Crippen LogP contribution in [0.25, 0.3) is 0 Å². The fraction of sp³-hybridized carbons (Fsp3) is 0.273. The van der Waals surface area contributed by atoms with Crippen LogP contribution in [0, 0.1) is 11.6 Å². The Morgan fingerprint density at radius 1 is 1.18 bits per heavy atom. The van der Waals surface area contributed by atoms with Gasteiger partial charge in [-0.3, -0.25) is 0 Å². The zero-order valence-electron chi connectivity index (χ0n) is 9.12. The Bertz CT molecular complexity index is 540. The standard InChI is InChI=1S/C11H10BrF2N3/c1-17-10(15-16-11(17)6-12)5-7-2-3-8(13)9(14)4-7/h2-4H,5-6H2,1H3. The van der Waals surface area contributed by atoms with E-state index in [0.717, 1.165) is 11.9 Å². The van der Waals surface area contributed by atoms with Crippen LogP contribution in [0.4, 0.5) is 8.78 Å². The van der Waals surface area contributed by atoms with Crippen molar-refractivity contribution >= 4 is 15.9 Å². The van der Waals surface area contributed by atoms with Crippen LogP contribution < -0.4 is 0 Å². The van der Waals surface area contributed by atoms with E-state index in [1.807, 2.05) is 11.6 Å². The molecule has 90 valence electrons. The lowest BCUT2D eigenvalue weighted by Gasteiger charge is -2.03. The normalized spacial score (nSPS) is 10.8. The maximum atomic E-state index is 13.0. The lowest BCUT2D eigenvalue weighted by molar-refractivity contribution is 0.507. The molecule has 0 unspecified atom stereocenters. The van der Waals surface area contributed by atoms with Crippen LogP contribution in [0.3, 0.4) is 0 Å². The fourth-order valence-electron chi connectivity index (χ4n) is 1.50. The Hall–Kier alpha value is -1.30. The maximum Gasteiger partial charge on any atom is 0.159 e. The van der Waals surface area contributed by atoms with E-state index in [1.54, 1.807) is 6.07 Å². The Balaban J connectivity index is 2.25. The van der Waals surface area contributed by atoms with Gasteiger partial charge < -0.3 is 4.57 Å². The Morgan fingerprint density at radius 2 is 1.88 bits per heavy atom. The van der Waals surface area contributed by atoms with Gasteiger partial charge in [-0.25, -0.2) is 8.78 Å². The lowest BCUT2D eigenvalue weighted by Crippen LogP contribution is -2.02. The van der Waals surface area contributed by atoms with Crippen molar-refractivity contribution in [2.24, 2.45) is 7.05 Å². The summed E-state index contributed by atoms with van der Waals surface area (Å²) < 4.78 is 27.6. The largest absolute Gasteiger partial charge is 0.317 e. The second-order valence-corrected chi connectivity index (χ2v) is 4.21. The van der Waals surface area contributed by atoms with Crippen LogP contribution in [0.5, 0.6) is 0 Å². The third-order valence-electron chi connectivity index (χ3n) is 2.52. The van der Waals surface area contributed by atoms with Crippen molar-refractivity contribution in [2.75, 3.05) is 0 Å². The van der Waals surface area contributed by atoms with Crippen LogP contribution in [0.1, 0.15) is 17.2 Å². The number of halogens is 3. The first-order valence-corrected chi connectivity index (χ1v) is 6.11. The number of benzene rings is 1. The molecule has 0 amide bonds. The van der Waals surface area contributed by atoms with E-state index in [4.69, 9.17) is 0 Å².